The van der Waals surface area contributed by atoms with Crippen LogP contribution in [0.3, 0.4) is 0 Å². The third kappa shape index (κ3) is 3.13. The molecule has 0 aliphatic carbocycles. The van der Waals surface area contributed by atoms with Crippen LogP contribution in [0, 0.1) is 0 Å². The topological polar surface area (TPSA) is 87.2 Å². The minimum absolute atomic E-state index is 0.0302. The molecule has 1 aromatic carbocycles. The van der Waals surface area contributed by atoms with E-state index in [1.54, 1.807) is 17.2 Å². The van der Waals surface area contributed by atoms with Crippen LogP contribution in [0.25, 0.3) is 0 Å². The SMILES string of the molecule is CC(C)c1nccc(C(=O)N2CCC3(CC2)Nc2ccccc2NC3=O)n1. The molecule has 2 aliphatic rings. The van der Waals surface area contributed by atoms with Crippen LogP contribution in [-0.2, 0) is 4.79 Å². The maximum Gasteiger partial charge on any atom is 0.272 e. The van der Waals surface area contributed by atoms with Crippen molar-refractivity contribution in [1.82, 2.24) is 14.9 Å². The lowest BCUT2D eigenvalue weighted by Gasteiger charge is -2.44. The number of hydrogen-bond acceptors (Lipinski definition) is 5. The van der Waals surface area contributed by atoms with E-state index < -0.39 is 5.54 Å². The zero-order chi connectivity index (χ0) is 19.0. The highest BCUT2D eigenvalue weighted by molar-refractivity contribution is 6.06. The van der Waals surface area contributed by atoms with Crippen LogP contribution in [0.1, 0.15) is 48.9 Å². The van der Waals surface area contributed by atoms with Crippen LogP contribution in [-0.4, -0.2) is 45.3 Å². The molecule has 0 bridgehead atoms. The maximum atomic E-state index is 12.8. The maximum absolute atomic E-state index is 12.8. The van der Waals surface area contributed by atoms with Gasteiger partial charge in [-0.05, 0) is 31.0 Å². The van der Waals surface area contributed by atoms with Crippen molar-refractivity contribution in [3.05, 3.63) is 48.0 Å². The summed E-state index contributed by atoms with van der Waals surface area (Å²) < 4.78 is 0. The van der Waals surface area contributed by atoms with Crippen LogP contribution in [0.2, 0.25) is 0 Å². The fourth-order valence-corrected chi connectivity index (χ4v) is 3.63. The second-order valence-corrected chi connectivity index (χ2v) is 7.45. The van der Waals surface area contributed by atoms with Crippen molar-refractivity contribution >= 4 is 23.2 Å². The van der Waals surface area contributed by atoms with Crippen molar-refractivity contribution in [2.75, 3.05) is 23.7 Å². The summed E-state index contributed by atoms with van der Waals surface area (Å²) >= 11 is 0. The number of hydrogen-bond donors (Lipinski definition) is 2. The first kappa shape index (κ1) is 17.5. The molecular formula is C20H23N5O2. The van der Waals surface area contributed by atoms with Gasteiger partial charge in [0.25, 0.3) is 5.91 Å². The normalized spacial score (nSPS) is 18.0. The van der Waals surface area contributed by atoms with E-state index in [-0.39, 0.29) is 17.7 Å². The number of carbonyl (C=O) groups is 2. The van der Waals surface area contributed by atoms with Crippen molar-refractivity contribution < 1.29 is 9.59 Å². The Bertz CT molecular complexity index is 887. The van der Waals surface area contributed by atoms with E-state index in [0.29, 0.717) is 37.4 Å². The van der Waals surface area contributed by atoms with Crippen molar-refractivity contribution in [2.24, 2.45) is 0 Å². The summed E-state index contributed by atoms with van der Waals surface area (Å²) in [7, 11) is 0. The Labute approximate surface area is 158 Å². The molecule has 1 fully saturated rings. The lowest BCUT2D eigenvalue weighted by molar-refractivity contribution is -0.122. The number of rotatable bonds is 2. The summed E-state index contributed by atoms with van der Waals surface area (Å²) in [4.78, 5) is 35.9. The van der Waals surface area contributed by atoms with Gasteiger partial charge in [0.15, 0.2) is 0 Å². The molecule has 7 nitrogen and oxygen atoms in total. The molecule has 7 heteroatoms. The number of nitrogens with zero attached hydrogens (tertiary/aromatic N) is 3. The number of anilines is 2. The second kappa shape index (κ2) is 6.64. The van der Waals surface area contributed by atoms with Crippen LogP contribution >= 0.6 is 0 Å². The highest BCUT2D eigenvalue weighted by Gasteiger charge is 2.45. The summed E-state index contributed by atoms with van der Waals surface area (Å²) in [5.41, 5.74) is 1.47. The van der Waals surface area contributed by atoms with Gasteiger partial charge in [0, 0.05) is 25.2 Å². The van der Waals surface area contributed by atoms with Gasteiger partial charge >= 0.3 is 0 Å². The van der Waals surface area contributed by atoms with E-state index in [1.165, 1.54) is 0 Å². The quantitative estimate of drug-likeness (QED) is 0.854. The van der Waals surface area contributed by atoms with E-state index in [9.17, 15) is 9.59 Å². The van der Waals surface area contributed by atoms with Gasteiger partial charge in [-0.2, -0.15) is 0 Å². The molecule has 0 saturated carbocycles. The molecular weight excluding hydrogens is 342 g/mol. The van der Waals surface area contributed by atoms with E-state index in [0.717, 1.165) is 11.4 Å². The predicted molar refractivity (Wildman–Crippen MR) is 103 cm³/mol. The standard InChI is InChI=1S/C20H23N5O2/c1-13(2)17-21-10-7-16(22-17)18(26)25-11-8-20(9-12-25)19(27)23-14-5-3-4-6-15(14)24-20/h3-7,10,13,24H,8-9,11-12H2,1-2H3,(H,23,27). The Morgan fingerprint density at radius 2 is 1.85 bits per heavy atom. The monoisotopic (exact) mass is 365 g/mol. The molecule has 2 amide bonds. The number of amides is 2. The van der Waals surface area contributed by atoms with Crippen LogP contribution < -0.4 is 10.6 Å². The molecule has 0 radical (unpaired) electrons. The molecule has 2 aromatic rings. The van der Waals surface area contributed by atoms with Gasteiger partial charge in [0.2, 0.25) is 5.91 Å². The Kier molecular flexibility index (Phi) is 4.30. The Morgan fingerprint density at radius 3 is 2.56 bits per heavy atom. The van der Waals surface area contributed by atoms with Crippen molar-refractivity contribution in [1.29, 1.82) is 0 Å². The third-order valence-electron chi connectivity index (χ3n) is 5.30. The van der Waals surface area contributed by atoms with E-state index in [4.69, 9.17) is 0 Å². The molecule has 1 aromatic heterocycles. The molecule has 2 aliphatic heterocycles. The Balaban J connectivity index is 1.48. The predicted octanol–water partition coefficient (Wildman–Crippen LogP) is 2.64. The molecule has 1 spiro atoms. The number of fused-ring (bicyclic) bond motifs is 1. The first-order valence-electron chi connectivity index (χ1n) is 9.29. The number of aromatic nitrogens is 2. The summed E-state index contributed by atoms with van der Waals surface area (Å²) in [6.07, 6.45) is 2.75. The second-order valence-electron chi connectivity index (χ2n) is 7.45. The highest BCUT2D eigenvalue weighted by atomic mass is 16.2. The number of benzene rings is 1. The van der Waals surface area contributed by atoms with Crippen LogP contribution in [0.5, 0.6) is 0 Å². The van der Waals surface area contributed by atoms with E-state index >= 15 is 0 Å². The first-order valence-corrected chi connectivity index (χ1v) is 9.29. The van der Waals surface area contributed by atoms with Gasteiger partial charge in [0.1, 0.15) is 17.1 Å². The minimum atomic E-state index is -0.667. The molecule has 0 unspecified atom stereocenters. The Hall–Kier alpha value is -2.96. The number of carbonyl (C=O) groups excluding carboxylic acids is 2. The van der Waals surface area contributed by atoms with Gasteiger partial charge in [-0.15, -0.1) is 0 Å². The molecule has 140 valence electrons. The largest absolute Gasteiger partial charge is 0.369 e. The molecule has 3 heterocycles. The fraction of sp³-hybridized carbons (Fsp3) is 0.400. The lowest BCUT2D eigenvalue weighted by atomic mass is 9.84. The number of nitrogens with one attached hydrogen (secondary N) is 2. The fourth-order valence-electron chi connectivity index (χ4n) is 3.63. The van der Waals surface area contributed by atoms with Crippen LogP contribution in [0.4, 0.5) is 11.4 Å². The van der Waals surface area contributed by atoms with Crippen molar-refractivity contribution in [2.45, 2.75) is 38.1 Å². The van der Waals surface area contributed by atoms with Gasteiger partial charge in [-0.1, -0.05) is 26.0 Å². The average molecular weight is 365 g/mol. The first-order chi connectivity index (χ1) is 13.0. The zero-order valence-electron chi connectivity index (χ0n) is 15.5. The van der Waals surface area contributed by atoms with Gasteiger partial charge < -0.3 is 15.5 Å². The smallest absolute Gasteiger partial charge is 0.272 e. The minimum Gasteiger partial charge on any atom is -0.369 e. The molecule has 1 saturated heterocycles. The molecule has 27 heavy (non-hydrogen) atoms. The molecule has 0 atom stereocenters. The molecule has 2 N–H and O–H groups in total. The Morgan fingerprint density at radius 1 is 1.15 bits per heavy atom. The van der Waals surface area contributed by atoms with Crippen molar-refractivity contribution in [3.63, 3.8) is 0 Å². The third-order valence-corrected chi connectivity index (χ3v) is 5.30. The van der Waals surface area contributed by atoms with Gasteiger partial charge in [0.05, 0.1) is 11.4 Å². The summed E-state index contributed by atoms with van der Waals surface area (Å²) in [6.45, 7) is 5.00. The van der Waals surface area contributed by atoms with E-state index in [1.807, 2.05) is 38.1 Å². The number of para-hydroxylation sites is 2. The lowest BCUT2D eigenvalue weighted by Crippen LogP contribution is -2.59. The summed E-state index contributed by atoms with van der Waals surface area (Å²) in [5.74, 6) is 0.694. The number of piperidine rings is 1. The average Bonchev–Trinajstić information content (AvgIpc) is 2.69. The zero-order valence-corrected chi connectivity index (χ0v) is 15.5. The highest BCUT2D eigenvalue weighted by Crippen LogP contribution is 2.36. The summed E-state index contributed by atoms with van der Waals surface area (Å²) in [6, 6.07) is 9.33. The van der Waals surface area contributed by atoms with Crippen LogP contribution in [0.15, 0.2) is 36.5 Å². The number of likely N-dealkylation sites (tertiary alicyclic amines) is 1. The van der Waals surface area contributed by atoms with Crippen molar-refractivity contribution in [3.8, 4) is 0 Å². The van der Waals surface area contributed by atoms with Gasteiger partial charge in [-0.25, -0.2) is 9.97 Å². The van der Waals surface area contributed by atoms with Gasteiger partial charge in [-0.3, -0.25) is 9.59 Å². The summed E-state index contributed by atoms with van der Waals surface area (Å²) in [5, 5.41) is 6.40. The van der Waals surface area contributed by atoms with E-state index in [2.05, 4.69) is 20.6 Å². The molecule has 4 rings (SSSR count).